The van der Waals surface area contributed by atoms with E-state index in [1.807, 2.05) is 6.08 Å². The minimum Gasteiger partial charge on any atom is -0.411 e. The summed E-state index contributed by atoms with van der Waals surface area (Å²) in [6.07, 6.45) is 14.3. The van der Waals surface area contributed by atoms with Crippen LogP contribution in [0.1, 0.15) is 58.3 Å². The van der Waals surface area contributed by atoms with Crippen LogP contribution >= 0.6 is 0 Å². The summed E-state index contributed by atoms with van der Waals surface area (Å²) < 4.78 is 0. The highest BCUT2D eigenvalue weighted by atomic mass is 16.4. The Labute approximate surface area is 150 Å². The van der Waals surface area contributed by atoms with Crippen LogP contribution in [-0.4, -0.2) is 32.8 Å². The molecule has 0 unspecified atom stereocenters. The first kappa shape index (κ1) is 17.1. The van der Waals surface area contributed by atoms with E-state index in [4.69, 9.17) is 11.6 Å². The maximum Gasteiger partial charge on any atom is 0.131 e. The van der Waals surface area contributed by atoms with Crippen LogP contribution in [0.3, 0.4) is 0 Å². The summed E-state index contributed by atoms with van der Waals surface area (Å²) in [6.45, 7) is 2.16. The number of hydrogen-bond donors (Lipinski definition) is 3. The fourth-order valence-corrected chi connectivity index (χ4v) is 7.05. The predicted molar refractivity (Wildman–Crippen MR) is 96.1 cm³/mol. The van der Waals surface area contributed by atoms with Crippen LogP contribution in [0.25, 0.3) is 0 Å². The van der Waals surface area contributed by atoms with Crippen LogP contribution in [0.2, 0.25) is 0 Å². The molecule has 0 spiro atoms. The second-order valence-electron chi connectivity index (χ2n) is 8.66. The molecule has 0 aromatic carbocycles. The van der Waals surface area contributed by atoms with Gasteiger partial charge in [-0.3, -0.25) is 0 Å². The lowest BCUT2D eigenvalue weighted by atomic mass is 9.49. The summed E-state index contributed by atoms with van der Waals surface area (Å²) in [4.78, 5) is 0. The number of oxime groups is 1. The molecule has 7 atom stereocenters. The SMILES string of the molecule is C#C[C@]1(O)CC[C@H]2[C@@H]3C[C@H](O)C4=C/C(=N/O)CC[C@@H]4[C@H]3CC[C@@]21CC. The van der Waals surface area contributed by atoms with Gasteiger partial charge in [-0.2, -0.15) is 0 Å². The molecule has 0 bridgehead atoms. The van der Waals surface area contributed by atoms with Crippen molar-refractivity contribution < 1.29 is 15.4 Å². The molecule has 0 aliphatic heterocycles. The van der Waals surface area contributed by atoms with E-state index in [0.717, 1.165) is 50.5 Å². The van der Waals surface area contributed by atoms with Crippen LogP contribution in [0.5, 0.6) is 0 Å². The highest BCUT2D eigenvalue weighted by molar-refractivity contribution is 5.96. The average molecular weight is 343 g/mol. The second kappa shape index (κ2) is 5.86. The zero-order valence-electron chi connectivity index (χ0n) is 15.0. The summed E-state index contributed by atoms with van der Waals surface area (Å²) in [5.41, 5.74) is 0.581. The zero-order chi connectivity index (χ0) is 17.8. The highest BCUT2D eigenvalue weighted by Crippen LogP contribution is 2.66. The number of aliphatic hydroxyl groups excluding tert-OH is 1. The number of aliphatic hydroxyl groups is 2. The molecule has 4 heteroatoms. The Morgan fingerprint density at radius 3 is 2.76 bits per heavy atom. The Kier molecular flexibility index (Phi) is 4.01. The van der Waals surface area contributed by atoms with Crippen LogP contribution in [0.15, 0.2) is 16.8 Å². The Bertz CT molecular complexity index is 663. The zero-order valence-corrected chi connectivity index (χ0v) is 15.0. The van der Waals surface area contributed by atoms with Gasteiger partial charge >= 0.3 is 0 Å². The van der Waals surface area contributed by atoms with Crippen molar-refractivity contribution in [2.45, 2.75) is 70.0 Å². The Balaban J connectivity index is 1.69. The maximum absolute atomic E-state index is 11.1. The Morgan fingerprint density at radius 1 is 1.28 bits per heavy atom. The summed E-state index contributed by atoms with van der Waals surface area (Å²) in [5, 5.41) is 34.4. The number of hydrogen-bond acceptors (Lipinski definition) is 4. The van der Waals surface area contributed by atoms with Gasteiger partial charge in [-0.1, -0.05) is 18.0 Å². The van der Waals surface area contributed by atoms with E-state index in [9.17, 15) is 10.2 Å². The largest absolute Gasteiger partial charge is 0.411 e. The molecule has 0 heterocycles. The van der Waals surface area contributed by atoms with E-state index in [1.54, 1.807) is 0 Å². The fraction of sp³-hybridized carbons (Fsp3) is 0.762. The van der Waals surface area contributed by atoms with E-state index in [1.165, 1.54) is 0 Å². The van der Waals surface area contributed by atoms with Crippen LogP contribution in [0, 0.1) is 41.4 Å². The van der Waals surface area contributed by atoms with Gasteiger partial charge in [-0.25, -0.2) is 0 Å². The molecule has 3 saturated carbocycles. The number of terminal acetylenes is 1. The lowest BCUT2D eigenvalue weighted by Crippen LogP contribution is -2.55. The van der Waals surface area contributed by atoms with Gasteiger partial charge in [0.2, 0.25) is 0 Å². The molecule has 0 aromatic heterocycles. The van der Waals surface area contributed by atoms with Crippen molar-refractivity contribution in [1.82, 2.24) is 0 Å². The molecule has 4 rings (SSSR count). The highest BCUT2D eigenvalue weighted by Gasteiger charge is 2.63. The molecule has 4 aliphatic carbocycles. The quantitative estimate of drug-likeness (QED) is 0.389. The maximum atomic E-state index is 11.1. The van der Waals surface area contributed by atoms with E-state index < -0.39 is 11.7 Å². The molecule has 0 aromatic rings. The minimum atomic E-state index is -0.984. The van der Waals surface area contributed by atoms with Gasteiger partial charge in [-0.15, -0.1) is 6.42 Å². The summed E-state index contributed by atoms with van der Waals surface area (Å²) in [5.74, 6) is 4.52. The molecule has 0 saturated heterocycles. The first-order valence-electron chi connectivity index (χ1n) is 9.80. The van der Waals surface area contributed by atoms with Crippen molar-refractivity contribution in [3.8, 4) is 12.3 Å². The molecule has 3 fully saturated rings. The van der Waals surface area contributed by atoms with Crippen molar-refractivity contribution in [2.24, 2.45) is 34.2 Å². The molecule has 0 radical (unpaired) electrons. The van der Waals surface area contributed by atoms with Gasteiger partial charge < -0.3 is 15.4 Å². The van der Waals surface area contributed by atoms with Crippen molar-refractivity contribution in [3.05, 3.63) is 11.6 Å². The number of nitrogens with zero attached hydrogens (tertiary/aromatic N) is 1. The third-order valence-corrected chi connectivity index (χ3v) is 8.21. The first-order valence-corrected chi connectivity index (χ1v) is 9.80. The molecule has 4 nitrogen and oxygen atoms in total. The smallest absolute Gasteiger partial charge is 0.131 e. The number of allylic oxidation sites excluding steroid dienone is 1. The normalized spacial score (nSPS) is 50.4. The Morgan fingerprint density at radius 2 is 2.08 bits per heavy atom. The van der Waals surface area contributed by atoms with Gasteiger partial charge in [0, 0.05) is 5.41 Å². The molecule has 0 amide bonds. The molecular formula is C21H29NO3. The van der Waals surface area contributed by atoms with E-state index in [-0.39, 0.29) is 5.41 Å². The van der Waals surface area contributed by atoms with E-state index in [0.29, 0.717) is 35.8 Å². The predicted octanol–water partition coefficient (Wildman–Crippen LogP) is 3.11. The number of rotatable bonds is 1. The molecular weight excluding hydrogens is 314 g/mol. The van der Waals surface area contributed by atoms with Crippen molar-refractivity contribution in [2.75, 3.05) is 0 Å². The molecule has 25 heavy (non-hydrogen) atoms. The third-order valence-electron chi connectivity index (χ3n) is 8.21. The van der Waals surface area contributed by atoms with Gasteiger partial charge in [0.1, 0.15) is 5.60 Å². The minimum absolute atomic E-state index is 0.184. The fourth-order valence-electron chi connectivity index (χ4n) is 7.05. The lowest BCUT2D eigenvalue weighted by Gasteiger charge is -2.56. The van der Waals surface area contributed by atoms with Gasteiger partial charge in [-0.05, 0) is 86.7 Å². The molecule has 136 valence electrons. The lowest BCUT2D eigenvalue weighted by molar-refractivity contribution is -0.108. The average Bonchev–Trinajstić information content (AvgIpc) is 2.95. The van der Waals surface area contributed by atoms with Crippen LogP contribution in [-0.2, 0) is 0 Å². The van der Waals surface area contributed by atoms with Crippen LogP contribution < -0.4 is 0 Å². The number of fused-ring (bicyclic) bond motifs is 5. The topological polar surface area (TPSA) is 73.0 Å². The second-order valence-corrected chi connectivity index (χ2v) is 8.66. The van der Waals surface area contributed by atoms with Gasteiger partial charge in [0.15, 0.2) is 0 Å². The molecule has 4 aliphatic rings. The first-order chi connectivity index (χ1) is 12.0. The summed E-state index contributed by atoms with van der Waals surface area (Å²) >= 11 is 0. The summed E-state index contributed by atoms with van der Waals surface area (Å²) in [6, 6.07) is 0. The monoisotopic (exact) mass is 343 g/mol. The summed E-state index contributed by atoms with van der Waals surface area (Å²) in [7, 11) is 0. The third kappa shape index (κ3) is 2.18. The van der Waals surface area contributed by atoms with Gasteiger partial charge in [0.25, 0.3) is 0 Å². The van der Waals surface area contributed by atoms with Crippen molar-refractivity contribution in [3.63, 3.8) is 0 Å². The van der Waals surface area contributed by atoms with Gasteiger partial charge in [0.05, 0.1) is 11.8 Å². The van der Waals surface area contributed by atoms with Crippen molar-refractivity contribution >= 4 is 5.71 Å². The van der Waals surface area contributed by atoms with Crippen molar-refractivity contribution in [1.29, 1.82) is 0 Å². The molecule has 3 N–H and O–H groups in total. The van der Waals surface area contributed by atoms with E-state index >= 15 is 0 Å². The van der Waals surface area contributed by atoms with E-state index in [2.05, 4.69) is 18.0 Å². The van der Waals surface area contributed by atoms with Crippen LogP contribution in [0.4, 0.5) is 0 Å². The standard InChI is InChI=1S/C21H29NO3/c1-3-20-9-7-15-14-6-5-13(22-25)11-17(14)19(23)12-16(15)18(20)8-10-21(20,24)4-2/h2,11,14-16,18-19,23-25H,3,5-10,12H2,1H3/b22-13+/t14-,15-,16-,18+,19+,20+,21+/m1/s1. The Hall–Kier alpha value is -1.31.